The first-order valence-corrected chi connectivity index (χ1v) is 6.32. The van der Waals surface area contributed by atoms with Crippen molar-refractivity contribution in [3.05, 3.63) is 47.5 Å². The van der Waals surface area contributed by atoms with Gasteiger partial charge in [0.05, 0.1) is 11.3 Å². The first-order valence-electron chi connectivity index (χ1n) is 6.32. The minimum absolute atomic E-state index is 0.0834. The lowest BCUT2D eigenvalue weighted by molar-refractivity contribution is -0.137. The van der Waals surface area contributed by atoms with E-state index >= 15 is 0 Å². The number of hydrogen-bond donors (Lipinski definition) is 1. The van der Waals surface area contributed by atoms with E-state index in [9.17, 15) is 13.2 Å². The highest BCUT2D eigenvalue weighted by Crippen LogP contribution is 2.34. The van der Waals surface area contributed by atoms with Crippen molar-refractivity contribution in [1.82, 2.24) is 14.9 Å². The maximum atomic E-state index is 13.2. The summed E-state index contributed by atoms with van der Waals surface area (Å²) >= 11 is 0. The number of benzene rings is 1. The summed E-state index contributed by atoms with van der Waals surface area (Å²) in [6.45, 7) is 2.90. The molecule has 0 spiro atoms. The molecule has 0 saturated heterocycles. The summed E-state index contributed by atoms with van der Waals surface area (Å²) in [5, 5.41) is 11.9. The van der Waals surface area contributed by atoms with E-state index in [1.165, 1.54) is 18.5 Å². The van der Waals surface area contributed by atoms with E-state index in [0.717, 1.165) is 10.6 Å². The van der Waals surface area contributed by atoms with Gasteiger partial charge in [-0.3, -0.25) is 4.57 Å². The molecule has 0 unspecified atom stereocenters. The normalized spacial score (nSPS) is 11.4. The van der Waals surface area contributed by atoms with Gasteiger partial charge in [0.15, 0.2) is 0 Å². The van der Waals surface area contributed by atoms with E-state index in [1.54, 1.807) is 12.1 Å². The lowest BCUT2D eigenvalue weighted by atomic mass is 10.1. The van der Waals surface area contributed by atoms with Crippen LogP contribution in [0.2, 0.25) is 0 Å². The Balaban J connectivity index is 2.54. The van der Waals surface area contributed by atoms with Crippen LogP contribution in [0.4, 0.5) is 13.2 Å². The SMILES string of the molecule is CCNCc1ccc(-n2ccnc2C#N)c(C(F)(F)F)c1. The monoisotopic (exact) mass is 294 g/mol. The maximum absolute atomic E-state index is 13.2. The Morgan fingerprint density at radius 3 is 2.76 bits per heavy atom. The summed E-state index contributed by atoms with van der Waals surface area (Å²) in [5.74, 6) is -0.0834. The molecular weight excluding hydrogens is 281 g/mol. The average molecular weight is 294 g/mol. The van der Waals surface area contributed by atoms with Gasteiger partial charge in [0.25, 0.3) is 0 Å². The molecule has 0 radical (unpaired) electrons. The summed E-state index contributed by atoms with van der Waals surface area (Å²) in [6.07, 6.45) is -1.87. The van der Waals surface area contributed by atoms with Crippen LogP contribution in [-0.4, -0.2) is 16.1 Å². The number of hydrogen-bond acceptors (Lipinski definition) is 3. The highest BCUT2D eigenvalue weighted by molar-refractivity contribution is 5.47. The number of nitrogens with zero attached hydrogens (tertiary/aromatic N) is 3. The number of nitriles is 1. The third-order valence-corrected chi connectivity index (χ3v) is 2.95. The second kappa shape index (κ2) is 5.97. The zero-order valence-electron chi connectivity index (χ0n) is 11.3. The van der Waals surface area contributed by atoms with E-state index < -0.39 is 11.7 Å². The highest BCUT2D eigenvalue weighted by Gasteiger charge is 2.34. The van der Waals surface area contributed by atoms with Crippen LogP contribution in [0.15, 0.2) is 30.6 Å². The number of alkyl halides is 3. The molecular formula is C14H13F3N4. The van der Waals surface area contributed by atoms with Gasteiger partial charge in [0.1, 0.15) is 6.07 Å². The molecule has 1 aromatic heterocycles. The fourth-order valence-electron chi connectivity index (χ4n) is 1.98. The van der Waals surface area contributed by atoms with Crippen LogP contribution in [0.3, 0.4) is 0 Å². The highest BCUT2D eigenvalue weighted by atomic mass is 19.4. The summed E-state index contributed by atoms with van der Waals surface area (Å²) in [4.78, 5) is 3.73. The van der Waals surface area contributed by atoms with Crippen LogP contribution >= 0.6 is 0 Å². The zero-order chi connectivity index (χ0) is 15.5. The molecule has 2 aromatic rings. The largest absolute Gasteiger partial charge is 0.418 e. The third kappa shape index (κ3) is 3.23. The molecule has 0 bridgehead atoms. The number of aromatic nitrogens is 2. The Bertz CT molecular complexity index is 668. The number of imidazole rings is 1. The fraction of sp³-hybridized carbons (Fsp3) is 0.286. The van der Waals surface area contributed by atoms with Crippen molar-refractivity contribution >= 4 is 0 Å². The number of rotatable bonds is 4. The maximum Gasteiger partial charge on any atom is 0.418 e. The number of halogens is 3. The van der Waals surface area contributed by atoms with Crippen molar-refractivity contribution in [2.75, 3.05) is 6.54 Å². The molecule has 7 heteroatoms. The second-order valence-electron chi connectivity index (χ2n) is 4.36. The van der Waals surface area contributed by atoms with Gasteiger partial charge < -0.3 is 5.32 Å². The molecule has 4 nitrogen and oxygen atoms in total. The lowest BCUT2D eigenvalue weighted by Crippen LogP contribution is -2.15. The van der Waals surface area contributed by atoms with Crippen molar-refractivity contribution in [3.63, 3.8) is 0 Å². The first-order chi connectivity index (χ1) is 9.97. The Morgan fingerprint density at radius 1 is 1.38 bits per heavy atom. The van der Waals surface area contributed by atoms with Gasteiger partial charge in [-0.15, -0.1) is 0 Å². The first kappa shape index (κ1) is 15.1. The minimum atomic E-state index is -4.51. The van der Waals surface area contributed by atoms with Crippen LogP contribution in [0.1, 0.15) is 23.9 Å². The predicted molar refractivity (Wildman–Crippen MR) is 70.7 cm³/mol. The summed E-state index contributed by atoms with van der Waals surface area (Å²) in [7, 11) is 0. The molecule has 0 aliphatic rings. The standard InChI is InChI=1S/C14H13F3N4/c1-2-19-9-10-3-4-12(11(7-10)14(15,16)17)21-6-5-20-13(21)8-18/h3-7,19H,2,9H2,1H3. The molecule has 0 atom stereocenters. The molecule has 1 aromatic carbocycles. The molecule has 0 aliphatic heterocycles. The second-order valence-corrected chi connectivity index (χ2v) is 4.36. The Kier molecular flexibility index (Phi) is 4.29. The minimum Gasteiger partial charge on any atom is -0.313 e. The molecule has 0 saturated carbocycles. The van der Waals surface area contributed by atoms with E-state index in [4.69, 9.17) is 5.26 Å². The predicted octanol–water partition coefficient (Wildman–Crippen LogP) is 2.87. The van der Waals surface area contributed by atoms with E-state index in [-0.39, 0.29) is 11.5 Å². The van der Waals surface area contributed by atoms with Crippen LogP contribution in [0.5, 0.6) is 0 Å². The van der Waals surface area contributed by atoms with Crippen LogP contribution < -0.4 is 5.32 Å². The molecule has 1 heterocycles. The summed E-state index contributed by atoms with van der Waals surface area (Å²) in [6, 6.07) is 5.83. The van der Waals surface area contributed by atoms with Crippen molar-refractivity contribution in [3.8, 4) is 11.8 Å². The van der Waals surface area contributed by atoms with Crippen molar-refractivity contribution in [2.45, 2.75) is 19.6 Å². The van der Waals surface area contributed by atoms with Gasteiger partial charge in [0, 0.05) is 18.9 Å². The lowest BCUT2D eigenvalue weighted by Gasteiger charge is -2.15. The molecule has 21 heavy (non-hydrogen) atoms. The number of nitrogens with one attached hydrogen (secondary N) is 1. The van der Waals surface area contributed by atoms with Gasteiger partial charge in [-0.2, -0.15) is 18.4 Å². The zero-order valence-corrected chi connectivity index (χ0v) is 11.3. The van der Waals surface area contributed by atoms with E-state index in [0.29, 0.717) is 18.7 Å². The van der Waals surface area contributed by atoms with Crippen molar-refractivity contribution in [2.24, 2.45) is 0 Å². The third-order valence-electron chi connectivity index (χ3n) is 2.95. The fourth-order valence-corrected chi connectivity index (χ4v) is 1.98. The van der Waals surface area contributed by atoms with Crippen molar-refractivity contribution in [1.29, 1.82) is 5.26 Å². The van der Waals surface area contributed by atoms with Crippen LogP contribution in [-0.2, 0) is 12.7 Å². The molecule has 2 rings (SSSR count). The molecule has 1 N–H and O–H groups in total. The van der Waals surface area contributed by atoms with Crippen LogP contribution in [0.25, 0.3) is 5.69 Å². The topological polar surface area (TPSA) is 53.6 Å². The Hall–Kier alpha value is -2.33. The van der Waals surface area contributed by atoms with Crippen LogP contribution in [0, 0.1) is 11.3 Å². The molecule has 0 aliphatic carbocycles. The van der Waals surface area contributed by atoms with Gasteiger partial charge in [-0.1, -0.05) is 13.0 Å². The van der Waals surface area contributed by atoms with E-state index in [1.807, 2.05) is 6.92 Å². The quantitative estimate of drug-likeness (QED) is 0.943. The van der Waals surface area contributed by atoms with Crippen molar-refractivity contribution < 1.29 is 13.2 Å². The summed E-state index contributed by atoms with van der Waals surface area (Å²) < 4.78 is 40.9. The van der Waals surface area contributed by atoms with Gasteiger partial charge in [0.2, 0.25) is 5.82 Å². The average Bonchev–Trinajstić information content (AvgIpc) is 2.92. The van der Waals surface area contributed by atoms with Gasteiger partial charge >= 0.3 is 6.18 Å². The molecule has 0 amide bonds. The van der Waals surface area contributed by atoms with Gasteiger partial charge in [-0.25, -0.2) is 4.98 Å². The summed E-state index contributed by atoms with van der Waals surface area (Å²) in [5.41, 5.74) is -0.351. The Labute approximate surface area is 119 Å². The molecule has 0 fully saturated rings. The van der Waals surface area contributed by atoms with Gasteiger partial charge in [-0.05, 0) is 24.2 Å². The molecule has 110 valence electrons. The smallest absolute Gasteiger partial charge is 0.313 e. The Morgan fingerprint density at radius 2 is 2.14 bits per heavy atom. The van der Waals surface area contributed by atoms with E-state index in [2.05, 4.69) is 10.3 Å².